The number of amides is 2. The average molecular weight is 298 g/mol. The number of esters is 1. The molecule has 0 radical (unpaired) electrons. The Morgan fingerprint density at radius 3 is 2.29 bits per heavy atom. The lowest BCUT2D eigenvalue weighted by Gasteiger charge is -2.31. The number of carbonyl (C=O) groups excluding carboxylic acids is 2. The second kappa shape index (κ2) is 6.78. The van der Waals surface area contributed by atoms with Gasteiger partial charge in [0.1, 0.15) is 0 Å². The molecule has 7 heteroatoms. The van der Waals surface area contributed by atoms with E-state index in [0.717, 1.165) is 0 Å². The van der Waals surface area contributed by atoms with Crippen LogP contribution in [0.1, 0.15) is 32.1 Å². The third-order valence-corrected chi connectivity index (χ3v) is 4.43. The molecule has 2 N–H and O–H groups in total. The third kappa shape index (κ3) is 3.86. The van der Waals surface area contributed by atoms with Gasteiger partial charge in [-0.1, -0.05) is 0 Å². The Kier molecular flexibility index (Phi) is 5.03. The van der Waals surface area contributed by atoms with E-state index >= 15 is 0 Å². The molecule has 1 aliphatic heterocycles. The molecule has 1 heterocycles. The van der Waals surface area contributed by atoms with Crippen LogP contribution in [0.5, 0.6) is 0 Å². The first-order valence-corrected chi connectivity index (χ1v) is 7.37. The van der Waals surface area contributed by atoms with E-state index in [0.29, 0.717) is 45.2 Å². The molecule has 0 aromatic rings. The first-order valence-electron chi connectivity index (χ1n) is 7.37. The number of piperidine rings is 1. The lowest BCUT2D eigenvalue weighted by atomic mass is 9.97. The van der Waals surface area contributed by atoms with Crippen LogP contribution >= 0.6 is 0 Å². The van der Waals surface area contributed by atoms with Crippen LogP contribution in [0.25, 0.3) is 0 Å². The second-order valence-electron chi connectivity index (χ2n) is 5.78. The topological polar surface area (TPSA) is 95.9 Å². The van der Waals surface area contributed by atoms with Crippen LogP contribution in [0.15, 0.2) is 0 Å². The maximum atomic E-state index is 12.1. The number of carboxylic acids is 1. The van der Waals surface area contributed by atoms with E-state index in [1.54, 1.807) is 4.90 Å². The van der Waals surface area contributed by atoms with E-state index in [9.17, 15) is 14.4 Å². The van der Waals surface area contributed by atoms with Gasteiger partial charge in [0.2, 0.25) is 0 Å². The monoisotopic (exact) mass is 298 g/mol. The van der Waals surface area contributed by atoms with Crippen molar-refractivity contribution in [1.29, 1.82) is 0 Å². The van der Waals surface area contributed by atoms with Gasteiger partial charge < -0.3 is 20.1 Å². The minimum atomic E-state index is -0.786. The molecule has 21 heavy (non-hydrogen) atoms. The number of urea groups is 1. The minimum Gasteiger partial charge on any atom is -0.481 e. The first-order chi connectivity index (χ1) is 10.0. The Morgan fingerprint density at radius 1 is 1.10 bits per heavy atom. The summed E-state index contributed by atoms with van der Waals surface area (Å²) in [5, 5.41) is 11.9. The Balaban J connectivity index is 1.75. The second-order valence-corrected chi connectivity index (χ2v) is 5.78. The van der Waals surface area contributed by atoms with Crippen molar-refractivity contribution in [3.05, 3.63) is 0 Å². The van der Waals surface area contributed by atoms with Gasteiger partial charge >= 0.3 is 18.0 Å². The van der Waals surface area contributed by atoms with E-state index < -0.39 is 5.97 Å². The zero-order valence-corrected chi connectivity index (χ0v) is 12.2. The first kappa shape index (κ1) is 15.6. The molecular formula is C14H22N2O5. The van der Waals surface area contributed by atoms with Gasteiger partial charge in [-0.15, -0.1) is 0 Å². The number of nitrogens with one attached hydrogen (secondary N) is 1. The van der Waals surface area contributed by atoms with E-state index in [4.69, 9.17) is 9.84 Å². The van der Waals surface area contributed by atoms with Crippen LogP contribution in [0.4, 0.5) is 4.79 Å². The van der Waals surface area contributed by atoms with Gasteiger partial charge in [-0.2, -0.15) is 0 Å². The molecule has 2 atom stereocenters. The van der Waals surface area contributed by atoms with Crippen LogP contribution in [0.2, 0.25) is 0 Å². The summed E-state index contributed by atoms with van der Waals surface area (Å²) in [6, 6.07) is -0.216. The molecular weight excluding hydrogens is 276 g/mol. The molecule has 2 amide bonds. The van der Waals surface area contributed by atoms with Gasteiger partial charge in [-0.05, 0) is 32.1 Å². The van der Waals surface area contributed by atoms with Crippen molar-refractivity contribution in [2.24, 2.45) is 11.8 Å². The highest BCUT2D eigenvalue weighted by molar-refractivity contribution is 5.76. The Bertz CT molecular complexity index is 418. The highest BCUT2D eigenvalue weighted by Crippen LogP contribution is 2.26. The summed E-state index contributed by atoms with van der Waals surface area (Å²) in [5.41, 5.74) is 0. The number of hydrogen-bond acceptors (Lipinski definition) is 4. The van der Waals surface area contributed by atoms with Gasteiger partial charge in [0.25, 0.3) is 0 Å². The van der Waals surface area contributed by atoms with Crippen molar-refractivity contribution < 1.29 is 24.2 Å². The quantitative estimate of drug-likeness (QED) is 0.753. The highest BCUT2D eigenvalue weighted by Gasteiger charge is 2.33. The molecule has 118 valence electrons. The molecule has 1 saturated carbocycles. The maximum absolute atomic E-state index is 12.1. The Morgan fingerprint density at radius 2 is 1.76 bits per heavy atom. The summed E-state index contributed by atoms with van der Waals surface area (Å²) in [5.74, 6) is -1.47. The Hall–Kier alpha value is -1.79. The fourth-order valence-corrected chi connectivity index (χ4v) is 3.09. The van der Waals surface area contributed by atoms with Crippen molar-refractivity contribution in [3.63, 3.8) is 0 Å². The van der Waals surface area contributed by atoms with Gasteiger partial charge in [-0.3, -0.25) is 9.59 Å². The summed E-state index contributed by atoms with van der Waals surface area (Å²) in [7, 11) is 1.38. The average Bonchev–Trinajstić information content (AvgIpc) is 2.95. The molecule has 2 aliphatic rings. The summed E-state index contributed by atoms with van der Waals surface area (Å²) in [4.78, 5) is 36.1. The third-order valence-electron chi connectivity index (χ3n) is 4.43. The van der Waals surface area contributed by atoms with Gasteiger partial charge in [0, 0.05) is 19.1 Å². The SMILES string of the molecule is COC(=O)C1CCN(C(=O)N[C@H]2CC[C@@H](C(=O)O)C2)CC1. The smallest absolute Gasteiger partial charge is 0.317 e. The number of rotatable bonds is 3. The lowest BCUT2D eigenvalue weighted by molar-refractivity contribution is -0.146. The van der Waals surface area contributed by atoms with Gasteiger partial charge in [-0.25, -0.2) is 4.79 Å². The predicted octanol–water partition coefficient (Wildman–Crippen LogP) is 0.834. The number of carbonyl (C=O) groups is 3. The van der Waals surface area contributed by atoms with Crippen LogP contribution in [-0.2, 0) is 14.3 Å². The number of ether oxygens (including phenoxy) is 1. The van der Waals surface area contributed by atoms with E-state index in [1.165, 1.54) is 7.11 Å². The van der Waals surface area contributed by atoms with E-state index in [2.05, 4.69) is 5.32 Å². The van der Waals surface area contributed by atoms with Crippen molar-refractivity contribution in [1.82, 2.24) is 10.2 Å². The number of methoxy groups -OCH3 is 1. The molecule has 2 fully saturated rings. The normalized spacial score (nSPS) is 26.4. The van der Waals surface area contributed by atoms with Crippen LogP contribution in [0, 0.1) is 11.8 Å². The zero-order chi connectivity index (χ0) is 15.4. The fraction of sp³-hybridized carbons (Fsp3) is 0.786. The Labute approximate surface area is 123 Å². The molecule has 0 unspecified atom stereocenters. The molecule has 2 rings (SSSR count). The molecule has 1 aliphatic carbocycles. The highest BCUT2D eigenvalue weighted by atomic mass is 16.5. The minimum absolute atomic E-state index is 0.0584. The van der Waals surface area contributed by atoms with Crippen molar-refractivity contribution in [2.75, 3.05) is 20.2 Å². The van der Waals surface area contributed by atoms with Crippen molar-refractivity contribution in [2.45, 2.75) is 38.1 Å². The maximum Gasteiger partial charge on any atom is 0.317 e. The number of hydrogen-bond donors (Lipinski definition) is 2. The van der Waals surface area contributed by atoms with Crippen LogP contribution in [0.3, 0.4) is 0 Å². The summed E-state index contributed by atoms with van der Waals surface area (Å²) in [6.07, 6.45) is 3.05. The predicted molar refractivity (Wildman–Crippen MR) is 73.6 cm³/mol. The lowest BCUT2D eigenvalue weighted by Crippen LogP contribution is -2.48. The van der Waals surface area contributed by atoms with Crippen molar-refractivity contribution >= 4 is 18.0 Å². The van der Waals surface area contributed by atoms with Crippen LogP contribution in [-0.4, -0.2) is 54.2 Å². The largest absolute Gasteiger partial charge is 0.481 e. The molecule has 0 aromatic heterocycles. The fourth-order valence-electron chi connectivity index (χ4n) is 3.09. The van der Waals surface area contributed by atoms with Crippen LogP contribution < -0.4 is 5.32 Å². The van der Waals surface area contributed by atoms with E-state index in [-0.39, 0.29) is 29.9 Å². The van der Waals surface area contributed by atoms with Crippen molar-refractivity contribution in [3.8, 4) is 0 Å². The summed E-state index contributed by atoms with van der Waals surface area (Å²) >= 11 is 0. The van der Waals surface area contributed by atoms with Gasteiger partial charge in [0.05, 0.1) is 18.9 Å². The van der Waals surface area contributed by atoms with Gasteiger partial charge in [0.15, 0.2) is 0 Å². The molecule has 7 nitrogen and oxygen atoms in total. The molecule has 1 saturated heterocycles. The summed E-state index contributed by atoms with van der Waals surface area (Å²) in [6.45, 7) is 1.06. The molecule has 0 spiro atoms. The number of likely N-dealkylation sites (tertiary alicyclic amines) is 1. The standard InChI is InChI=1S/C14H22N2O5/c1-21-13(19)9-4-6-16(7-5-9)14(20)15-11-3-2-10(8-11)12(17)18/h9-11H,2-8H2,1H3,(H,15,20)(H,17,18)/t10-,11+/m1/s1. The zero-order valence-electron chi connectivity index (χ0n) is 12.2. The summed E-state index contributed by atoms with van der Waals surface area (Å²) < 4.78 is 4.71. The number of aliphatic carboxylic acids is 1. The molecule has 0 bridgehead atoms. The number of carboxylic acid groups (broad SMARTS) is 1. The number of nitrogens with zero attached hydrogens (tertiary/aromatic N) is 1. The van der Waals surface area contributed by atoms with E-state index in [1.807, 2.05) is 0 Å². The molecule has 0 aromatic carbocycles.